The summed E-state index contributed by atoms with van der Waals surface area (Å²) in [6, 6.07) is -0.929. The monoisotopic (exact) mass is 256 g/mol. The van der Waals surface area contributed by atoms with E-state index in [4.69, 9.17) is 0 Å². The van der Waals surface area contributed by atoms with Gasteiger partial charge in [-0.1, -0.05) is 5.11 Å². The lowest BCUT2D eigenvalue weighted by Crippen LogP contribution is -2.17. The Morgan fingerprint density at radius 3 is 1.83 bits per heavy atom. The van der Waals surface area contributed by atoms with Crippen molar-refractivity contribution in [3.05, 3.63) is 20.2 Å². The summed E-state index contributed by atoms with van der Waals surface area (Å²) in [5, 5.41) is 33.5. The Morgan fingerprint density at radius 1 is 0.944 bits per heavy atom. The van der Waals surface area contributed by atoms with Gasteiger partial charge in [-0.05, 0) is 9.85 Å². The molecule has 0 bridgehead atoms. The molecule has 0 spiro atoms. The highest BCUT2D eigenvalue weighted by Gasteiger charge is 2.29. The first-order valence-electron chi connectivity index (χ1n) is 3.78. The van der Waals surface area contributed by atoms with Crippen molar-refractivity contribution in [3.63, 3.8) is 0 Å². The van der Waals surface area contributed by atoms with Crippen LogP contribution in [0.15, 0.2) is 30.7 Å². The molecule has 0 saturated carbocycles. The van der Waals surface area contributed by atoms with Gasteiger partial charge in [-0.2, -0.15) is 0 Å². The quantitative estimate of drug-likeness (QED) is 0.423. The molecular weight excluding hydrogens is 256 g/mol. The number of carbonyl (C=O) groups excluding carboxylic acids is 2. The summed E-state index contributed by atoms with van der Waals surface area (Å²) in [4.78, 5) is 40.7. The molecule has 0 aromatic heterocycles. The molecule has 0 saturated heterocycles. The van der Waals surface area contributed by atoms with Gasteiger partial charge >= 0.3 is 23.7 Å². The lowest BCUT2D eigenvalue weighted by Gasteiger charge is -1.82. The van der Waals surface area contributed by atoms with E-state index in [-0.39, 0.29) is 0 Å². The van der Waals surface area contributed by atoms with Crippen molar-refractivity contribution in [2.45, 2.75) is 0 Å². The van der Waals surface area contributed by atoms with Crippen LogP contribution in [0.2, 0.25) is 0 Å². The van der Waals surface area contributed by atoms with E-state index in [0.717, 1.165) is 0 Å². The number of nitrogens with zero attached hydrogens (tertiary/aromatic N) is 8. The summed E-state index contributed by atoms with van der Waals surface area (Å²) < 4.78 is 0. The first-order chi connectivity index (χ1) is 8.41. The number of amidine groups is 1. The lowest BCUT2D eigenvalue weighted by molar-refractivity contribution is -0.351. The molecule has 2 heterocycles. The maximum atomic E-state index is 10.2. The summed E-state index contributed by atoms with van der Waals surface area (Å²) in [6.07, 6.45) is 0. The van der Waals surface area contributed by atoms with Crippen LogP contribution < -0.4 is 0 Å². The molecule has 0 aliphatic carbocycles. The van der Waals surface area contributed by atoms with Crippen molar-refractivity contribution >= 4 is 23.7 Å². The average molecular weight is 256 g/mol. The van der Waals surface area contributed by atoms with E-state index in [9.17, 15) is 29.8 Å². The summed E-state index contributed by atoms with van der Waals surface area (Å²) in [7, 11) is 0. The molecule has 0 fully saturated rings. The zero-order chi connectivity index (χ0) is 13.7. The third kappa shape index (κ3) is 3.08. The Labute approximate surface area is 95.1 Å². The van der Waals surface area contributed by atoms with Crippen LogP contribution in [0.1, 0.15) is 0 Å². The van der Waals surface area contributed by atoms with Crippen molar-refractivity contribution in [1.29, 1.82) is 0 Å². The number of urea groups is 1. The van der Waals surface area contributed by atoms with Gasteiger partial charge in [-0.25, -0.2) is 4.79 Å². The molecular formula is C4N8O6. The van der Waals surface area contributed by atoms with Crippen LogP contribution in [0.5, 0.6) is 0 Å². The fraction of sp³-hybridized carbons (Fsp3) is 0. The number of rotatable bonds is 0. The highest BCUT2D eigenvalue weighted by atomic mass is 16.6. The minimum absolute atomic E-state index is 0.750. The first kappa shape index (κ1) is 12.7. The number of aliphatic imine (C=N–C) groups is 1. The van der Waals surface area contributed by atoms with Crippen molar-refractivity contribution in [2.24, 2.45) is 30.7 Å². The van der Waals surface area contributed by atoms with E-state index in [0.29, 0.717) is 0 Å². The van der Waals surface area contributed by atoms with Gasteiger partial charge in [-0.3, -0.25) is 4.79 Å². The van der Waals surface area contributed by atoms with Crippen LogP contribution in [0.3, 0.4) is 0 Å². The number of nitro groups is 2. The standard InChI is InChI=1S/2C2N4O3/c7-2-3-1(4-5-2)6(8)9;7-2-1(6(8)9)3-5-4-2. The zero-order valence-electron chi connectivity index (χ0n) is 8.03. The molecule has 14 heteroatoms. The SMILES string of the molecule is O=C1N=NC([N+](=O)[O-])=N1.O=C1N=NN=C1[N+](=O)[O-]. The second kappa shape index (κ2) is 5.14. The number of azo groups is 1. The molecule has 0 aromatic rings. The van der Waals surface area contributed by atoms with Crippen LogP contribution in [-0.2, 0) is 4.79 Å². The molecule has 2 aliphatic heterocycles. The highest BCUT2D eigenvalue weighted by molar-refractivity contribution is 6.35. The maximum absolute atomic E-state index is 10.2. The average Bonchev–Trinajstić information content (AvgIpc) is 2.87. The second-order valence-corrected chi connectivity index (χ2v) is 2.33. The van der Waals surface area contributed by atoms with Gasteiger partial charge in [0, 0.05) is 10.1 Å². The molecule has 92 valence electrons. The van der Waals surface area contributed by atoms with Gasteiger partial charge in [-0.15, -0.1) is 0 Å². The Morgan fingerprint density at radius 2 is 1.61 bits per heavy atom. The summed E-state index contributed by atoms with van der Waals surface area (Å²) in [5.41, 5.74) is 0. The van der Waals surface area contributed by atoms with E-state index in [1.165, 1.54) is 0 Å². The van der Waals surface area contributed by atoms with Gasteiger partial charge in [0.15, 0.2) is 0 Å². The van der Waals surface area contributed by atoms with E-state index < -0.39 is 33.6 Å². The van der Waals surface area contributed by atoms with Gasteiger partial charge < -0.3 is 20.2 Å². The third-order valence-corrected chi connectivity index (χ3v) is 1.22. The number of hydrogen-bond acceptors (Lipinski definition) is 9. The molecule has 2 aliphatic rings. The van der Waals surface area contributed by atoms with Crippen LogP contribution in [-0.4, -0.2) is 33.6 Å². The fourth-order valence-corrected chi connectivity index (χ4v) is 0.603. The third-order valence-electron chi connectivity index (χ3n) is 1.22. The minimum Gasteiger partial charge on any atom is -0.390 e. The van der Waals surface area contributed by atoms with Gasteiger partial charge in [0.05, 0.1) is 10.3 Å². The van der Waals surface area contributed by atoms with E-state index in [1.807, 2.05) is 0 Å². The molecule has 0 aromatic carbocycles. The normalized spacial score (nSPS) is 16.0. The Balaban J connectivity index is 0.000000180. The summed E-state index contributed by atoms with van der Waals surface area (Å²) in [6.45, 7) is 0. The predicted molar refractivity (Wildman–Crippen MR) is 49.0 cm³/mol. The minimum atomic E-state index is -1.000. The second-order valence-electron chi connectivity index (χ2n) is 2.33. The van der Waals surface area contributed by atoms with Crippen molar-refractivity contribution in [1.82, 2.24) is 0 Å². The molecule has 3 amide bonds. The van der Waals surface area contributed by atoms with E-state index in [1.54, 1.807) is 0 Å². The Hall–Kier alpha value is -3.32. The number of amides is 3. The van der Waals surface area contributed by atoms with Gasteiger partial charge in [0.1, 0.15) is 5.10 Å². The summed E-state index contributed by atoms with van der Waals surface area (Å²) >= 11 is 0. The number of carbonyl (C=O) groups is 2. The van der Waals surface area contributed by atoms with Crippen LogP contribution >= 0.6 is 0 Å². The van der Waals surface area contributed by atoms with E-state index in [2.05, 4.69) is 30.7 Å². The zero-order valence-corrected chi connectivity index (χ0v) is 8.03. The molecule has 18 heavy (non-hydrogen) atoms. The molecule has 2 rings (SSSR count). The van der Waals surface area contributed by atoms with Crippen LogP contribution in [0, 0.1) is 20.2 Å². The van der Waals surface area contributed by atoms with Crippen molar-refractivity contribution in [3.8, 4) is 0 Å². The maximum Gasteiger partial charge on any atom is 0.496 e. The largest absolute Gasteiger partial charge is 0.496 e. The fourth-order valence-electron chi connectivity index (χ4n) is 0.603. The highest BCUT2D eigenvalue weighted by Crippen LogP contribution is 1.97. The van der Waals surface area contributed by atoms with Gasteiger partial charge in [0.2, 0.25) is 0 Å². The first-order valence-corrected chi connectivity index (χ1v) is 3.78. The number of hydrogen-bond donors (Lipinski definition) is 0. The van der Waals surface area contributed by atoms with E-state index >= 15 is 0 Å². The lowest BCUT2D eigenvalue weighted by atomic mass is 10.6. The van der Waals surface area contributed by atoms with Crippen molar-refractivity contribution in [2.75, 3.05) is 0 Å². The smallest absolute Gasteiger partial charge is 0.390 e. The van der Waals surface area contributed by atoms with Crippen molar-refractivity contribution < 1.29 is 19.4 Å². The molecule has 0 unspecified atom stereocenters. The molecule has 0 radical (unpaired) electrons. The molecule has 0 atom stereocenters. The molecule has 14 nitrogen and oxygen atoms in total. The molecule has 0 N–H and O–H groups in total. The topological polar surface area (TPSA) is 195 Å². The van der Waals surface area contributed by atoms with Crippen LogP contribution in [0.4, 0.5) is 4.79 Å². The van der Waals surface area contributed by atoms with Gasteiger partial charge in [0.25, 0.3) is 0 Å². The predicted octanol–water partition coefficient (Wildman–Crippen LogP) is -0.226. The van der Waals surface area contributed by atoms with Crippen LogP contribution in [0.25, 0.3) is 0 Å². The number of guanidine groups is 1. The Bertz CT molecular complexity index is 538. The summed E-state index contributed by atoms with van der Waals surface area (Å²) in [5.74, 6) is -2.57. The Kier molecular flexibility index (Phi) is 3.64.